The van der Waals surface area contributed by atoms with Gasteiger partial charge in [0, 0.05) is 62.2 Å². The van der Waals surface area contributed by atoms with Gasteiger partial charge in [0.05, 0.1) is 23.8 Å². The summed E-state index contributed by atoms with van der Waals surface area (Å²) in [6, 6.07) is 3.62. The van der Waals surface area contributed by atoms with Gasteiger partial charge < -0.3 is 24.2 Å². The average molecular weight is 528 g/mol. The Bertz CT molecular complexity index is 1290. The summed E-state index contributed by atoms with van der Waals surface area (Å²) in [5.41, 5.74) is 1.26. The topological polar surface area (TPSA) is 88.9 Å². The normalized spacial score (nSPS) is 21.0. The maximum atomic E-state index is 12.7. The molecule has 5 rings (SSSR count). The van der Waals surface area contributed by atoms with Crippen molar-refractivity contribution < 1.29 is 14.3 Å². The number of rotatable bonds is 3. The molecule has 1 amide bonds. The fourth-order valence-electron chi connectivity index (χ4n) is 4.99. The van der Waals surface area contributed by atoms with Gasteiger partial charge in [0.1, 0.15) is 23.6 Å². The first-order valence-electron chi connectivity index (χ1n) is 12.7. The molecule has 10 nitrogen and oxygen atoms in total. The lowest BCUT2D eigenvalue weighted by atomic mass is 10.1. The van der Waals surface area contributed by atoms with Gasteiger partial charge in [0.25, 0.3) is 0 Å². The number of nitrogens with zero attached hydrogens (tertiary/aromatic N) is 7. The molecule has 37 heavy (non-hydrogen) atoms. The molecular weight excluding hydrogens is 494 g/mol. The van der Waals surface area contributed by atoms with E-state index in [9.17, 15) is 4.79 Å². The largest absolute Gasteiger partial charge is 0.444 e. The SMILES string of the molecule is CC1CN(c2cn(-c3cc(Cl)ccn3)c3ncnc(N4CCN(C(=O)OC(C)(C)C)C[C@@H]4C)c23)CCO1. The zero-order chi connectivity index (χ0) is 26.3. The zero-order valence-corrected chi connectivity index (χ0v) is 22.8. The monoisotopic (exact) mass is 527 g/mol. The van der Waals surface area contributed by atoms with E-state index in [1.807, 2.05) is 31.4 Å². The Morgan fingerprint density at radius 3 is 2.65 bits per heavy atom. The first-order chi connectivity index (χ1) is 17.6. The van der Waals surface area contributed by atoms with Gasteiger partial charge in [-0.15, -0.1) is 0 Å². The van der Waals surface area contributed by atoms with Gasteiger partial charge in [-0.25, -0.2) is 19.7 Å². The van der Waals surface area contributed by atoms with Crippen molar-refractivity contribution >= 4 is 40.2 Å². The highest BCUT2D eigenvalue weighted by Gasteiger charge is 2.33. The molecule has 0 spiro atoms. The summed E-state index contributed by atoms with van der Waals surface area (Å²) in [7, 11) is 0. The highest BCUT2D eigenvalue weighted by molar-refractivity contribution is 6.30. The minimum atomic E-state index is -0.530. The molecule has 11 heteroatoms. The Balaban J connectivity index is 1.55. The van der Waals surface area contributed by atoms with Crippen molar-refractivity contribution in [3.05, 3.63) is 35.9 Å². The summed E-state index contributed by atoms with van der Waals surface area (Å²) < 4.78 is 13.4. The molecule has 3 aromatic heterocycles. The Hall–Kier alpha value is -3.11. The van der Waals surface area contributed by atoms with Crippen molar-refractivity contribution in [2.45, 2.75) is 52.4 Å². The van der Waals surface area contributed by atoms with Crippen molar-refractivity contribution in [2.75, 3.05) is 49.1 Å². The van der Waals surface area contributed by atoms with Crippen LogP contribution in [0.1, 0.15) is 34.6 Å². The van der Waals surface area contributed by atoms with Crippen LogP contribution in [0.15, 0.2) is 30.9 Å². The van der Waals surface area contributed by atoms with E-state index in [0.29, 0.717) is 37.1 Å². The van der Waals surface area contributed by atoms with Crippen LogP contribution >= 0.6 is 11.6 Å². The van der Waals surface area contributed by atoms with Gasteiger partial charge in [-0.05, 0) is 40.7 Å². The molecule has 0 bridgehead atoms. The van der Waals surface area contributed by atoms with E-state index in [2.05, 4.69) is 39.8 Å². The molecule has 2 atom stereocenters. The zero-order valence-electron chi connectivity index (χ0n) is 22.0. The fraction of sp³-hybridized carbons (Fsp3) is 0.538. The summed E-state index contributed by atoms with van der Waals surface area (Å²) in [6.45, 7) is 13.7. The van der Waals surface area contributed by atoms with Crippen molar-refractivity contribution in [1.82, 2.24) is 24.4 Å². The minimum absolute atomic E-state index is 0.0310. The van der Waals surface area contributed by atoms with Gasteiger partial charge in [0.15, 0.2) is 5.65 Å². The van der Waals surface area contributed by atoms with Crippen molar-refractivity contribution in [3.63, 3.8) is 0 Å². The highest BCUT2D eigenvalue weighted by Crippen LogP contribution is 2.38. The van der Waals surface area contributed by atoms with Crippen LogP contribution < -0.4 is 9.80 Å². The fourth-order valence-corrected chi connectivity index (χ4v) is 5.14. The molecule has 0 aromatic carbocycles. The Kier molecular flexibility index (Phi) is 6.89. The van der Waals surface area contributed by atoms with Gasteiger partial charge in [-0.2, -0.15) is 0 Å². The number of ether oxygens (including phenoxy) is 2. The number of halogens is 1. The van der Waals surface area contributed by atoms with E-state index in [-0.39, 0.29) is 18.2 Å². The first kappa shape index (κ1) is 25.5. The number of anilines is 2. The molecule has 2 aliphatic rings. The molecule has 5 heterocycles. The van der Waals surface area contributed by atoms with Gasteiger partial charge in [-0.3, -0.25) is 4.57 Å². The number of amides is 1. The van der Waals surface area contributed by atoms with Gasteiger partial charge in [0.2, 0.25) is 0 Å². The van der Waals surface area contributed by atoms with Crippen LogP contribution in [0.4, 0.5) is 16.3 Å². The van der Waals surface area contributed by atoms with Crippen LogP contribution in [0, 0.1) is 0 Å². The van der Waals surface area contributed by atoms with E-state index in [1.54, 1.807) is 23.5 Å². The Morgan fingerprint density at radius 2 is 1.95 bits per heavy atom. The molecule has 0 aliphatic carbocycles. The van der Waals surface area contributed by atoms with E-state index >= 15 is 0 Å². The van der Waals surface area contributed by atoms with Crippen LogP contribution in [0.5, 0.6) is 0 Å². The summed E-state index contributed by atoms with van der Waals surface area (Å²) in [6.07, 6.45) is 5.19. The summed E-state index contributed by atoms with van der Waals surface area (Å²) in [5, 5.41) is 1.56. The summed E-state index contributed by atoms with van der Waals surface area (Å²) in [4.78, 5) is 33.1. The van der Waals surface area contributed by atoms with Crippen LogP contribution in [0.25, 0.3) is 16.9 Å². The second-order valence-corrected chi connectivity index (χ2v) is 11.1. The number of hydrogen-bond acceptors (Lipinski definition) is 8. The number of aromatic nitrogens is 4. The molecule has 3 aromatic rings. The highest BCUT2D eigenvalue weighted by atomic mass is 35.5. The van der Waals surface area contributed by atoms with Crippen LogP contribution in [-0.4, -0.2) is 87.6 Å². The van der Waals surface area contributed by atoms with Crippen molar-refractivity contribution in [2.24, 2.45) is 0 Å². The smallest absolute Gasteiger partial charge is 0.410 e. The molecule has 2 fully saturated rings. The van der Waals surface area contributed by atoms with E-state index in [1.165, 1.54) is 0 Å². The third-order valence-corrected chi connectivity index (χ3v) is 6.87. The molecule has 0 N–H and O–H groups in total. The molecular formula is C26H34ClN7O3. The van der Waals surface area contributed by atoms with Crippen molar-refractivity contribution in [3.8, 4) is 5.82 Å². The molecule has 0 radical (unpaired) electrons. The lowest BCUT2D eigenvalue weighted by molar-refractivity contribution is 0.0218. The van der Waals surface area contributed by atoms with Crippen LogP contribution in [0.3, 0.4) is 0 Å². The summed E-state index contributed by atoms with van der Waals surface area (Å²) in [5.74, 6) is 1.54. The van der Waals surface area contributed by atoms with Gasteiger partial charge in [-0.1, -0.05) is 11.6 Å². The summed E-state index contributed by atoms with van der Waals surface area (Å²) >= 11 is 6.31. The van der Waals surface area contributed by atoms with Crippen molar-refractivity contribution in [1.29, 1.82) is 0 Å². The second-order valence-electron chi connectivity index (χ2n) is 10.7. The number of fused-ring (bicyclic) bond motifs is 1. The maximum Gasteiger partial charge on any atom is 0.410 e. The maximum absolute atomic E-state index is 12.7. The third kappa shape index (κ3) is 5.31. The lowest BCUT2D eigenvalue weighted by Crippen LogP contribution is -2.55. The number of carbonyl (C=O) groups is 1. The quantitative estimate of drug-likeness (QED) is 0.502. The lowest BCUT2D eigenvalue weighted by Gasteiger charge is -2.41. The molecule has 198 valence electrons. The second kappa shape index (κ2) is 9.98. The Morgan fingerprint density at radius 1 is 1.14 bits per heavy atom. The minimum Gasteiger partial charge on any atom is -0.444 e. The Labute approximate surface area is 222 Å². The predicted molar refractivity (Wildman–Crippen MR) is 144 cm³/mol. The number of piperazine rings is 1. The van der Waals surface area contributed by atoms with Crippen LogP contribution in [0.2, 0.25) is 5.02 Å². The number of pyridine rings is 1. The standard InChI is InChI=1S/C26H34ClN7O3/c1-17-13-32(25(35)37-26(3,4)5)8-9-33(17)23-22-20(31-10-11-36-18(2)14-31)15-34(24(22)30-16-29-23)21-12-19(27)6-7-28-21/h6-7,12,15-18H,8-11,13-14H2,1-5H3/t17-,18?/m0/s1. The van der Waals surface area contributed by atoms with E-state index in [4.69, 9.17) is 26.1 Å². The third-order valence-electron chi connectivity index (χ3n) is 6.63. The van der Waals surface area contributed by atoms with E-state index < -0.39 is 5.60 Å². The molecule has 2 saturated heterocycles. The first-order valence-corrected chi connectivity index (χ1v) is 13.1. The predicted octanol–water partition coefficient (Wildman–Crippen LogP) is 4.14. The van der Waals surface area contributed by atoms with Gasteiger partial charge >= 0.3 is 6.09 Å². The number of morpholine rings is 1. The molecule has 1 unspecified atom stereocenters. The van der Waals surface area contributed by atoms with Crippen LogP contribution in [-0.2, 0) is 9.47 Å². The molecule has 2 aliphatic heterocycles. The van der Waals surface area contributed by atoms with E-state index in [0.717, 1.165) is 35.6 Å². The molecule has 0 saturated carbocycles. The number of hydrogen-bond donors (Lipinski definition) is 0. The number of carbonyl (C=O) groups excluding carboxylic acids is 1. The average Bonchev–Trinajstić information content (AvgIpc) is 3.23.